The molecule has 0 saturated carbocycles. The normalized spacial score (nSPS) is 12.2. The summed E-state index contributed by atoms with van der Waals surface area (Å²) in [6.07, 6.45) is 0.625. The highest BCUT2D eigenvalue weighted by Gasteiger charge is 2.07. The largest absolute Gasteiger partial charge is 0.455 e. The highest BCUT2D eigenvalue weighted by molar-refractivity contribution is 5.58. The molecule has 0 aliphatic rings. The minimum atomic E-state index is -0.439. The van der Waals surface area contributed by atoms with Crippen molar-refractivity contribution in [2.75, 3.05) is 6.54 Å². The van der Waals surface area contributed by atoms with Crippen LogP contribution in [0.5, 0.6) is 0 Å². The Hall–Kier alpha value is -2.36. The SMILES string of the molecule is C[C@H](O)c1ccc(-c2ccc(C[NH2+]CCc3ccccc3)o2)cc1. The molecule has 2 aromatic carbocycles. The summed E-state index contributed by atoms with van der Waals surface area (Å²) in [7, 11) is 0. The maximum Gasteiger partial charge on any atom is 0.158 e. The van der Waals surface area contributed by atoms with Crippen molar-refractivity contribution in [1.82, 2.24) is 0 Å². The lowest BCUT2D eigenvalue weighted by Crippen LogP contribution is -2.83. The van der Waals surface area contributed by atoms with Gasteiger partial charge in [0, 0.05) is 12.0 Å². The van der Waals surface area contributed by atoms with E-state index in [2.05, 4.69) is 29.6 Å². The lowest BCUT2D eigenvalue weighted by molar-refractivity contribution is -0.671. The summed E-state index contributed by atoms with van der Waals surface area (Å²) < 4.78 is 5.93. The number of furan rings is 1. The third-order valence-corrected chi connectivity index (χ3v) is 4.16. The van der Waals surface area contributed by atoms with Crippen LogP contribution < -0.4 is 5.32 Å². The number of nitrogens with two attached hydrogens (primary N) is 1. The number of aliphatic hydroxyl groups excluding tert-OH is 1. The summed E-state index contributed by atoms with van der Waals surface area (Å²) in [6, 6.07) is 22.4. The summed E-state index contributed by atoms with van der Waals surface area (Å²) in [5.74, 6) is 1.86. The average molecular weight is 322 g/mol. The maximum absolute atomic E-state index is 9.56. The molecule has 0 radical (unpaired) electrons. The third-order valence-electron chi connectivity index (χ3n) is 4.16. The summed E-state index contributed by atoms with van der Waals surface area (Å²) in [5, 5.41) is 11.8. The molecule has 3 nitrogen and oxygen atoms in total. The predicted octanol–water partition coefficient (Wildman–Crippen LogP) is 3.31. The Morgan fingerprint density at radius 3 is 2.42 bits per heavy atom. The molecule has 0 spiro atoms. The van der Waals surface area contributed by atoms with Gasteiger partial charge in [-0.05, 0) is 30.2 Å². The Bertz CT molecular complexity index is 745. The van der Waals surface area contributed by atoms with Crippen molar-refractivity contribution >= 4 is 0 Å². The smallest absolute Gasteiger partial charge is 0.158 e. The van der Waals surface area contributed by atoms with E-state index in [0.29, 0.717) is 0 Å². The first-order valence-electron chi connectivity index (χ1n) is 8.45. The van der Waals surface area contributed by atoms with Gasteiger partial charge in [-0.15, -0.1) is 0 Å². The van der Waals surface area contributed by atoms with Crippen molar-refractivity contribution in [3.05, 3.63) is 83.6 Å². The van der Waals surface area contributed by atoms with Gasteiger partial charge in [0.2, 0.25) is 0 Å². The van der Waals surface area contributed by atoms with Gasteiger partial charge in [0.05, 0.1) is 12.6 Å². The van der Waals surface area contributed by atoms with Gasteiger partial charge in [0.15, 0.2) is 5.76 Å². The second kappa shape index (κ2) is 7.95. The lowest BCUT2D eigenvalue weighted by atomic mass is 10.1. The van der Waals surface area contributed by atoms with Gasteiger partial charge in [-0.2, -0.15) is 0 Å². The van der Waals surface area contributed by atoms with Gasteiger partial charge in [0.1, 0.15) is 12.3 Å². The molecule has 3 rings (SSSR count). The van der Waals surface area contributed by atoms with Crippen molar-refractivity contribution in [1.29, 1.82) is 0 Å². The monoisotopic (exact) mass is 322 g/mol. The number of rotatable bonds is 7. The van der Waals surface area contributed by atoms with Crippen LogP contribution in [0, 0.1) is 0 Å². The van der Waals surface area contributed by atoms with Crippen molar-refractivity contribution in [2.24, 2.45) is 0 Å². The van der Waals surface area contributed by atoms with Crippen molar-refractivity contribution in [3.8, 4) is 11.3 Å². The van der Waals surface area contributed by atoms with E-state index in [1.807, 2.05) is 42.5 Å². The molecule has 0 bridgehead atoms. The van der Waals surface area contributed by atoms with Crippen molar-refractivity contribution < 1.29 is 14.8 Å². The van der Waals surface area contributed by atoms with Gasteiger partial charge < -0.3 is 14.8 Å². The van der Waals surface area contributed by atoms with E-state index in [9.17, 15) is 5.11 Å². The van der Waals surface area contributed by atoms with E-state index in [0.717, 1.165) is 42.2 Å². The molecular weight excluding hydrogens is 298 g/mol. The van der Waals surface area contributed by atoms with Crippen LogP contribution in [0.2, 0.25) is 0 Å². The number of hydrogen-bond donors (Lipinski definition) is 2. The lowest BCUT2D eigenvalue weighted by Gasteiger charge is -2.05. The quantitative estimate of drug-likeness (QED) is 0.656. The molecule has 1 aromatic heterocycles. The molecule has 0 saturated heterocycles. The zero-order valence-corrected chi connectivity index (χ0v) is 14.0. The first kappa shape index (κ1) is 16.5. The molecule has 24 heavy (non-hydrogen) atoms. The number of hydrogen-bond acceptors (Lipinski definition) is 2. The minimum Gasteiger partial charge on any atom is -0.455 e. The Morgan fingerprint density at radius 2 is 1.71 bits per heavy atom. The van der Waals surface area contributed by atoms with Crippen LogP contribution in [0.15, 0.2) is 71.1 Å². The molecule has 124 valence electrons. The van der Waals surface area contributed by atoms with E-state index < -0.39 is 6.10 Å². The molecule has 1 heterocycles. The van der Waals surface area contributed by atoms with E-state index in [1.54, 1.807) is 6.92 Å². The highest BCUT2D eigenvalue weighted by atomic mass is 16.3. The van der Waals surface area contributed by atoms with Gasteiger partial charge in [-0.25, -0.2) is 0 Å². The second-order valence-electron chi connectivity index (χ2n) is 6.08. The molecular formula is C21H24NO2+. The van der Waals surface area contributed by atoms with Crippen LogP contribution in [0.4, 0.5) is 0 Å². The molecule has 3 aromatic rings. The Morgan fingerprint density at radius 1 is 0.958 bits per heavy atom. The molecule has 0 unspecified atom stereocenters. The number of benzene rings is 2. The summed E-state index contributed by atoms with van der Waals surface area (Å²) in [6.45, 7) is 3.66. The second-order valence-corrected chi connectivity index (χ2v) is 6.08. The fourth-order valence-corrected chi connectivity index (χ4v) is 2.73. The maximum atomic E-state index is 9.56. The zero-order chi connectivity index (χ0) is 16.8. The minimum absolute atomic E-state index is 0.439. The molecule has 0 fully saturated rings. The van der Waals surface area contributed by atoms with Crippen molar-refractivity contribution in [3.63, 3.8) is 0 Å². The van der Waals surface area contributed by atoms with Gasteiger partial charge in [0.25, 0.3) is 0 Å². The van der Waals surface area contributed by atoms with Crippen LogP contribution >= 0.6 is 0 Å². The molecule has 3 N–H and O–H groups in total. The number of aliphatic hydroxyl groups is 1. The fourth-order valence-electron chi connectivity index (χ4n) is 2.73. The molecule has 3 heteroatoms. The topological polar surface area (TPSA) is 50.0 Å². The van der Waals surface area contributed by atoms with Crippen LogP contribution in [0.3, 0.4) is 0 Å². The standard InChI is InChI=1S/C21H23NO2/c1-16(23)18-7-9-19(10-8-18)21-12-11-20(24-21)15-22-14-13-17-5-3-2-4-6-17/h2-12,16,22-23H,13-15H2,1H3/p+1/t16-/m0/s1. The zero-order valence-electron chi connectivity index (χ0n) is 14.0. The predicted molar refractivity (Wildman–Crippen MR) is 95.4 cm³/mol. The average Bonchev–Trinajstić information content (AvgIpc) is 3.09. The molecule has 0 aliphatic carbocycles. The first-order chi connectivity index (χ1) is 11.7. The Labute approximate surface area is 143 Å². The van der Waals surface area contributed by atoms with Crippen LogP contribution in [0.25, 0.3) is 11.3 Å². The molecule has 0 amide bonds. The highest BCUT2D eigenvalue weighted by Crippen LogP contribution is 2.23. The van der Waals surface area contributed by atoms with Crippen LogP contribution in [-0.2, 0) is 13.0 Å². The fraction of sp³-hybridized carbons (Fsp3) is 0.238. The number of quaternary nitrogens is 1. The summed E-state index contributed by atoms with van der Waals surface area (Å²) in [4.78, 5) is 0. The van der Waals surface area contributed by atoms with Gasteiger partial charge >= 0.3 is 0 Å². The van der Waals surface area contributed by atoms with Gasteiger partial charge in [-0.3, -0.25) is 0 Å². The molecule has 0 aliphatic heterocycles. The van der Waals surface area contributed by atoms with Crippen LogP contribution in [-0.4, -0.2) is 11.7 Å². The van der Waals surface area contributed by atoms with E-state index in [4.69, 9.17) is 4.42 Å². The Balaban J connectivity index is 1.52. The molecule has 1 atom stereocenters. The van der Waals surface area contributed by atoms with Crippen LogP contribution in [0.1, 0.15) is 29.9 Å². The third kappa shape index (κ3) is 4.34. The first-order valence-corrected chi connectivity index (χ1v) is 8.45. The summed E-state index contributed by atoms with van der Waals surface area (Å²) in [5.41, 5.74) is 3.32. The van der Waals surface area contributed by atoms with Crippen molar-refractivity contribution in [2.45, 2.75) is 26.0 Å². The van der Waals surface area contributed by atoms with E-state index in [1.165, 1.54) is 5.56 Å². The van der Waals surface area contributed by atoms with E-state index in [-0.39, 0.29) is 0 Å². The summed E-state index contributed by atoms with van der Waals surface area (Å²) >= 11 is 0. The van der Waals surface area contributed by atoms with E-state index >= 15 is 0 Å². The Kier molecular flexibility index (Phi) is 5.47. The van der Waals surface area contributed by atoms with Gasteiger partial charge in [-0.1, -0.05) is 54.6 Å².